The SMILES string of the molecule is Cc1cc(C(C)(C)CCC(C)CC(C)(C)C)n(C)c1. The van der Waals surface area contributed by atoms with Crippen molar-refractivity contribution in [3.63, 3.8) is 0 Å². The van der Waals surface area contributed by atoms with Crippen molar-refractivity contribution in [1.29, 1.82) is 0 Å². The highest BCUT2D eigenvalue weighted by Crippen LogP contribution is 2.33. The molecule has 0 radical (unpaired) electrons. The molecule has 0 aliphatic heterocycles. The number of hydrogen-bond acceptors (Lipinski definition) is 0. The molecule has 0 fully saturated rings. The van der Waals surface area contributed by atoms with Crippen molar-refractivity contribution < 1.29 is 0 Å². The Morgan fingerprint density at radius 2 is 1.74 bits per heavy atom. The molecule has 0 aliphatic rings. The van der Waals surface area contributed by atoms with Crippen LogP contribution >= 0.6 is 0 Å². The van der Waals surface area contributed by atoms with Crippen LogP contribution in [0.2, 0.25) is 0 Å². The Morgan fingerprint density at radius 3 is 2.16 bits per heavy atom. The van der Waals surface area contributed by atoms with Gasteiger partial charge in [0.25, 0.3) is 0 Å². The van der Waals surface area contributed by atoms with E-state index in [9.17, 15) is 0 Å². The van der Waals surface area contributed by atoms with Gasteiger partial charge in [-0.15, -0.1) is 0 Å². The molecule has 0 bridgehead atoms. The van der Waals surface area contributed by atoms with E-state index >= 15 is 0 Å². The molecule has 1 aromatic heterocycles. The molecule has 0 saturated heterocycles. The van der Waals surface area contributed by atoms with Crippen molar-refractivity contribution in [2.75, 3.05) is 0 Å². The first-order chi connectivity index (χ1) is 8.51. The highest BCUT2D eigenvalue weighted by Gasteiger charge is 2.25. The van der Waals surface area contributed by atoms with Crippen molar-refractivity contribution >= 4 is 0 Å². The number of rotatable bonds is 5. The lowest BCUT2D eigenvalue weighted by atomic mass is 9.78. The Hall–Kier alpha value is -0.720. The summed E-state index contributed by atoms with van der Waals surface area (Å²) in [5, 5.41) is 0. The van der Waals surface area contributed by atoms with Crippen LogP contribution in [0.1, 0.15) is 72.1 Å². The van der Waals surface area contributed by atoms with Crippen LogP contribution in [0.15, 0.2) is 12.3 Å². The summed E-state index contributed by atoms with van der Waals surface area (Å²) in [6.07, 6.45) is 6.13. The van der Waals surface area contributed by atoms with Crippen LogP contribution in [-0.2, 0) is 12.5 Å². The molecule has 19 heavy (non-hydrogen) atoms. The van der Waals surface area contributed by atoms with E-state index in [2.05, 4.69) is 72.3 Å². The summed E-state index contributed by atoms with van der Waals surface area (Å²) >= 11 is 0. The highest BCUT2D eigenvalue weighted by molar-refractivity contribution is 5.23. The van der Waals surface area contributed by atoms with Crippen molar-refractivity contribution in [2.45, 2.75) is 73.1 Å². The zero-order valence-electron chi connectivity index (χ0n) is 14.3. The van der Waals surface area contributed by atoms with Gasteiger partial charge in [-0.05, 0) is 49.1 Å². The van der Waals surface area contributed by atoms with Gasteiger partial charge in [0.2, 0.25) is 0 Å². The zero-order valence-corrected chi connectivity index (χ0v) is 14.3. The Kier molecular flexibility index (Phi) is 4.92. The first-order valence-electron chi connectivity index (χ1n) is 7.65. The van der Waals surface area contributed by atoms with E-state index in [1.165, 1.54) is 30.5 Å². The summed E-state index contributed by atoms with van der Waals surface area (Å²) in [7, 11) is 2.17. The largest absolute Gasteiger partial charge is 0.354 e. The maximum Gasteiger partial charge on any atom is 0.0231 e. The van der Waals surface area contributed by atoms with Gasteiger partial charge in [0.05, 0.1) is 0 Å². The molecule has 1 atom stereocenters. The van der Waals surface area contributed by atoms with Crippen LogP contribution in [-0.4, -0.2) is 4.57 Å². The summed E-state index contributed by atoms with van der Waals surface area (Å²) in [5.41, 5.74) is 3.56. The van der Waals surface area contributed by atoms with E-state index in [0.717, 1.165) is 5.92 Å². The van der Waals surface area contributed by atoms with E-state index < -0.39 is 0 Å². The molecule has 0 N–H and O–H groups in total. The van der Waals surface area contributed by atoms with Crippen molar-refractivity contribution in [3.05, 3.63) is 23.5 Å². The highest BCUT2D eigenvalue weighted by atomic mass is 14.9. The predicted molar refractivity (Wildman–Crippen MR) is 85.6 cm³/mol. The second-order valence-electron chi connectivity index (χ2n) is 8.31. The van der Waals surface area contributed by atoms with Crippen molar-refractivity contribution in [1.82, 2.24) is 4.57 Å². The fourth-order valence-electron chi connectivity index (χ4n) is 3.29. The quantitative estimate of drug-likeness (QED) is 0.664. The minimum atomic E-state index is 0.273. The topological polar surface area (TPSA) is 4.93 Å². The zero-order chi connectivity index (χ0) is 14.8. The van der Waals surface area contributed by atoms with Gasteiger partial charge >= 0.3 is 0 Å². The lowest BCUT2D eigenvalue weighted by Crippen LogP contribution is -2.22. The van der Waals surface area contributed by atoms with Crippen LogP contribution in [0.5, 0.6) is 0 Å². The van der Waals surface area contributed by atoms with E-state index in [1.54, 1.807) is 0 Å². The fraction of sp³-hybridized carbons (Fsp3) is 0.778. The Morgan fingerprint density at radius 1 is 1.16 bits per heavy atom. The summed E-state index contributed by atoms with van der Waals surface area (Å²) in [6, 6.07) is 2.34. The third-order valence-corrected chi connectivity index (χ3v) is 4.06. The predicted octanol–water partition coefficient (Wildman–Crippen LogP) is 5.46. The van der Waals surface area contributed by atoms with Crippen LogP contribution in [0.4, 0.5) is 0 Å². The lowest BCUT2D eigenvalue weighted by molar-refractivity contribution is 0.276. The first kappa shape index (κ1) is 16.3. The van der Waals surface area contributed by atoms with Gasteiger partial charge in [0.15, 0.2) is 0 Å². The average molecular weight is 263 g/mol. The van der Waals surface area contributed by atoms with Crippen LogP contribution in [0.3, 0.4) is 0 Å². The molecule has 0 aromatic carbocycles. The molecule has 0 saturated carbocycles. The molecule has 1 aromatic rings. The average Bonchev–Trinajstić information content (AvgIpc) is 2.53. The molecular formula is C18H33N. The number of aryl methyl sites for hydroxylation is 2. The Labute approximate surface area is 120 Å². The molecule has 0 spiro atoms. The number of hydrogen-bond donors (Lipinski definition) is 0. The van der Waals surface area contributed by atoms with Gasteiger partial charge in [0, 0.05) is 24.4 Å². The molecule has 1 heterocycles. The van der Waals surface area contributed by atoms with Gasteiger partial charge in [0.1, 0.15) is 0 Å². The minimum absolute atomic E-state index is 0.273. The molecule has 1 unspecified atom stereocenters. The third kappa shape index (κ3) is 5.04. The maximum atomic E-state index is 2.40. The van der Waals surface area contributed by atoms with Crippen molar-refractivity contribution in [3.8, 4) is 0 Å². The summed E-state index contributed by atoms with van der Waals surface area (Å²) in [6.45, 7) is 16.4. The Balaban J connectivity index is 2.63. The molecule has 1 rings (SSSR count). The van der Waals surface area contributed by atoms with Gasteiger partial charge in [-0.1, -0.05) is 41.5 Å². The van der Waals surface area contributed by atoms with Gasteiger partial charge < -0.3 is 4.57 Å². The molecular weight excluding hydrogens is 230 g/mol. The fourth-order valence-corrected chi connectivity index (χ4v) is 3.29. The van der Waals surface area contributed by atoms with Crippen molar-refractivity contribution in [2.24, 2.45) is 18.4 Å². The molecule has 1 nitrogen and oxygen atoms in total. The lowest BCUT2D eigenvalue weighted by Gasteiger charge is -2.29. The monoisotopic (exact) mass is 263 g/mol. The maximum absolute atomic E-state index is 2.40. The van der Waals surface area contributed by atoms with Crippen LogP contribution < -0.4 is 0 Å². The van der Waals surface area contributed by atoms with Crippen LogP contribution in [0, 0.1) is 18.3 Å². The smallest absolute Gasteiger partial charge is 0.0231 e. The number of nitrogens with zero attached hydrogens (tertiary/aromatic N) is 1. The normalized spacial score (nSPS) is 14.7. The van der Waals surface area contributed by atoms with E-state index in [-0.39, 0.29) is 5.41 Å². The van der Waals surface area contributed by atoms with Crippen LogP contribution in [0.25, 0.3) is 0 Å². The van der Waals surface area contributed by atoms with E-state index in [4.69, 9.17) is 0 Å². The standard InChI is InChI=1S/C18H33N/c1-14(12-17(3,4)5)9-10-18(6,7)16-11-15(2)13-19(16)8/h11,13-14H,9-10,12H2,1-8H3. The van der Waals surface area contributed by atoms with Gasteiger partial charge in [-0.2, -0.15) is 0 Å². The van der Waals surface area contributed by atoms with Gasteiger partial charge in [-0.3, -0.25) is 0 Å². The van der Waals surface area contributed by atoms with E-state index in [0.29, 0.717) is 5.41 Å². The second kappa shape index (κ2) is 5.73. The second-order valence-corrected chi connectivity index (χ2v) is 8.31. The minimum Gasteiger partial charge on any atom is -0.354 e. The summed E-state index contributed by atoms with van der Waals surface area (Å²) < 4.78 is 2.30. The first-order valence-corrected chi connectivity index (χ1v) is 7.65. The van der Waals surface area contributed by atoms with E-state index in [1.807, 2.05) is 0 Å². The molecule has 110 valence electrons. The summed E-state index contributed by atoms with van der Waals surface area (Å²) in [4.78, 5) is 0. The van der Waals surface area contributed by atoms with Gasteiger partial charge in [-0.25, -0.2) is 0 Å². The summed E-state index contributed by atoms with van der Waals surface area (Å²) in [5.74, 6) is 0.806. The number of aromatic nitrogens is 1. The molecule has 1 heteroatoms. The third-order valence-electron chi connectivity index (χ3n) is 4.06. The Bertz CT molecular complexity index is 404. The molecule has 0 amide bonds. The molecule has 0 aliphatic carbocycles.